The highest BCUT2D eigenvalue weighted by Gasteiger charge is 2.43. The Labute approximate surface area is 146 Å². The van der Waals surface area contributed by atoms with Crippen molar-refractivity contribution in [3.8, 4) is 5.75 Å². The van der Waals surface area contributed by atoms with Crippen LogP contribution in [0.5, 0.6) is 5.75 Å². The van der Waals surface area contributed by atoms with E-state index in [-0.39, 0.29) is 22.2 Å². The third kappa shape index (κ3) is 3.05. The predicted molar refractivity (Wildman–Crippen MR) is 94.6 cm³/mol. The highest BCUT2D eigenvalue weighted by molar-refractivity contribution is 7.90. The van der Waals surface area contributed by atoms with Gasteiger partial charge in [0.15, 0.2) is 15.4 Å². The Bertz CT molecular complexity index is 983. The highest BCUT2D eigenvalue weighted by Crippen LogP contribution is 2.43. The van der Waals surface area contributed by atoms with Gasteiger partial charge >= 0.3 is 0 Å². The largest absolute Gasteiger partial charge is 0.508 e. The van der Waals surface area contributed by atoms with Gasteiger partial charge in [0.1, 0.15) is 11.5 Å². The van der Waals surface area contributed by atoms with Gasteiger partial charge in [-0.05, 0) is 43.7 Å². The highest BCUT2D eigenvalue weighted by atomic mass is 32.2. The minimum Gasteiger partial charge on any atom is -0.508 e. The van der Waals surface area contributed by atoms with Crippen molar-refractivity contribution in [2.45, 2.75) is 24.3 Å². The quantitative estimate of drug-likeness (QED) is 0.912. The lowest BCUT2D eigenvalue weighted by Gasteiger charge is -2.18. The normalized spacial score (nSPS) is 16.8. The van der Waals surface area contributed by atoms with Crippen molar-refractivity contribution in [2.24, 2.45) is 0 Å². The van der Waals surface area contributed by atoms with E-state index >= 15 is 0 Å². The number of rotatable bonds is 3. The lowest BCUT2D eigenvalue weighted by atomic mass is 9.92. The summed E-state index contributed by atoms with van der Waals surface area (Å²) in [7, 11) is -3.50. The lowest BCUT2D eigenvalue weighted by molar-refractivity contribution is -0.125. The van der Waals surface area contributed by atoms with Crippen molar-refractivity contribution in [3.63, 3.8) is 0 Å². The zero-order chi connectivity index (χ0) is 18.4. The van der Waals surface area contributed by atoms with Gasteiger partial charge in [-0.2, -0.15) is 0 Å². The fraction of sp³-hybridized carbons (Fsp3) is 0.211. The number of phenolic OH excluding ortho intramolecular Hbond substituents is 1. The molecular formula is C19H18O5S. The summed E-state index contributed by atoms with van der Waals surface area (Å²) in [6, 6.07) is 12.6. The second-order valence-electron chi connectivity index (χ2n) is 6.46. The monoisotopic (exact) mass is 358 g/mol. The average molecular weight is 358 g/mol. The molecule has 1 N–H and O–H groups in total. The van der Waals surface area contributed by atoms with Crippen LogP contribution in [0.25, 0.3) is 11.3 Å². The second kappa shape index (κ2) is 5.74. The lowest BCUT2D eigenvalue weighted by Crippen LogP contribution is -2.29. The summed E-state index contributed by atoms with van der Waals surface area (Å²) in [4.78, 5) is 13.0. The minimum absolute atomic E-state index is 0.0769. The van der Waals surface area contributed by atoms with Crippen LogP contribution in [0.3, 0.4) is 0 Å². The van der Waals surface area contributed by atoms with Gasteiger partial charge in [0, 0.05) is 11.8 Å². The number of benzene rings is 2. The molecule has 0 saturated heterocycles. The van der Waals surface area contributed by atoms with Crippen molar-refractivity contribution in [1.82, 2.24) is 0 Å². The number of phenols is 1. The van der Waals surface area contributed by atoms with E-state index in [1.807, 2.05) is 0 Å². The molecule has 2 aromatic rings. The van der Waals surface area contributed by atoms with Crippen molar-refractivity contribution in [1.29, 1.82) is 0 Å². The Hall–Kier alpha value is -2.60. The van der Waals surface area contributed by atoms with Crippen LogP contribution in [0, 0.1) is 0 Å². The molecule has 0 atom stereocenters. The molecule has 0 aliphatic carbocycles. The third-order valence-electron chi connectivity index (χ3n) is 4.05. The summed E-state index contributed by atoms with van der Waals surface area (Å²) in [6.07, 6.45) is 1.12. The molecule has 130 valence electrons. The van der Waals surface area contributed by atoms with Crippen LogP contribution in [0.2, 0.25) is 0 Å². The maximum absolute atomic E-state index is 12.9. The van der Waals surface area contributed by atoms with E-state index < -0.39 is 15.4 Å². The van der Waals surface area contributed by atoms with E-state index in [0.29, 0.717) is 16.7 Å². The molecule has 3 rings (SSSR count). The summed E-state index contributed by atoms with van der Waals surface area (Å²) in [6.45, 7) is 3.29. The summed E-state index contributed by atoms with van der Waals surface area (Å²) < 4.78 is 30.2. The first-order chi connectivity index (χ1) is 11.6. The minimum atomic E-state index is -3.50. The van der Waals surface area contributed by atoms with Crippen LogP contribution in [-0.4, -0.2) is 31.2 Å². The van der Waals surface area contributed by atoms with E-state index in [1.165, 1.54) is 18.2 Å². The standard InChI is InChI=1S/C19H18O5S/c1-19(2)18(21)16(12-8-10-13(20)11-9-12)17(24-19)14-6-4-5-7-15(14)25(3,22)23/h4-11,20H,1-3H3. The van der Waals surface area contributed by atoms with Gasteiger partial charge in [-0.25, -0.2) is 8.42 Å². The van der Waals surface area contributed by atoms with E-state index in [1.54, 1.807) is 44.2 Å². The van der Waals surface area contributed by atoms with Crippen molar-refractivity contribution in [2.75, 3.05) is 6.26 Å². The van der Waals surface area contributed by atoms with Crippen LogP contribution in [-0.2, 0) is 19.4 Å². The van der Waals surface area contributed by atoms with Crippen LogP contribution in [0.15, 0.2) is 53.4 Å². The number of carbonyl (C=O) groups is 1. The van der Waals surface area contributed by atoms with Gasteiger partial charge in [-0.1, -0.05) is 24.3 Å². The van der Waals surface area contributed by atoms with Crippen molar-refractivity contribution >= 4 is 27.0 Å². The van der Waals surface area contributed by atoms with E-state index in [4.69, 9.17) is 4.74 Å². The SMILES string of the molecule is CC1(C)OC(c2ccccc2S(C)(=O)=O)=C(c2ccc(O)cc2)C1=O. The summed E-state index contributed by atoms with van der Waals surface area (Å²) in [5, 5.41) is 9.49. The number of carbonyl (C=O) groups excluding carboxylic acids is 1. The molecule has 0 radical (unpaired) electrons. The van der Waals surface area contributed by atoms with Crippen LogP contribution in [0.1, 0.15) is 25.0 Å². The van der Waals surface area contributed by atoms with Crippen LogP contribution < -0.4 is 0 Å². The number of ketones is 1. The number of ether oxygens (including phenoxy) is 1. The number of aromatic hydroxyl groups is 1. The van der Waals surface area contributed by atoms with Gasteiger partial charge in [0.05, 0.1) is 10.5 Å². The van der Waals surface area contributed by atoms with Gasteiger partial charge in [-0.3, -0.25) is 4.79 Å². The molecule has 0 unspecified atom stereocenters. The number of hydrogen-bond acceptors (Lipinski definition) is 5. The second-order valence-corrected chi connectivity index (χ2v) is 8.44. The average Bonchev–Trinajstić information content (AvgIpc) is 2.78. The maximum atomic E-state index is 12.9. The van der Waals surface area contributed by atoms with E-state index in [2.05, 4.69) is 0 Å². The molecule has 0 saturated carbocycles. The molecular weight excluding hydrogens is 340 g/mol. The van der Waals surface area contributed by atoms with Gasteiger partial charge in [0.2, 0.25) is 5.78 Å². The molecule has 25 heavy (non-hydrogen) atoms. The number of Topliss-reactive ketones (excluding diaryl/α,β-unsaturated/α-hetero) is 1. The molecule has 0 spiro atoms. The Balaban J connectivity index is 2.31. The summed E-state index contributed by atoms with van der Waals surface area (Å²) in [5.41, 5.74) is 0.118. The maximum Gasteiger partial charge on any atom is 0.210 e. The van der Waals surface area contributed by atoms with Crippen molar-refractivity contribution < 1.29 is 23.1 Å². The number of sulfone groups is 1. The Kier molecular flexibility index (Phi) is 3.95. The Morgan fingerprint density at radius 1 is 1.00 bits per heavy atom. The van der Waals surface area contributed by atoms with Crippen LogP contribution in [0.4, 0.5) is 0 Å². The van der Waals surface area contributed by atoms with Crippen LogP contribution >= 0.6 is 0 Å². The molecule has 0 aromatic heterocycles. The zero-order valence-electron chi connectivity index (χ0n) is 14.1. The van der Waals surface area contributed by atoms with Gasteiger partial charge < -0.3 is 9.84 Å². The predicted octanol–water partition coefficient (Wildman–Crippen LogP) is 3.04. The first kappa shape index (κ1) is 17.2. The van der Waals surface area contributed by atoms with E-state index in [9.17, 15) is 18.3 Å². The molecule has 5 nitrogen and oxygen atoms in total. The van der Waals surface area contributed by atoms with E-state index in [0.717, 1.165) is 6.26 Å². The molecule has 0 amide bonds. The zero-order valence-corrected chi connectivity index (χ0v) is 14.9. The third-order valence-corrected chi connectivity index (χ3v) is 5.20. The molecule has 1 heterocycles. The smallest absolute Gasteiger partial charge is 0.210 e. The molecule has 1 aliphatic rings. The molecule has 6 heteroatoms. The molecule has 0 fully saturated rings. The fourth-order valence-corrected chi connectivity index (χ4v) is 3.70. The van der Waals surface area contributed by atoms with Gasteiger partial charge in [0.25, 0.3) is 0 Å². The molecule has 1 aliphatic heterocycles. The summed E-state index contributed by atoms with van der Waals surface area (Å²) >= 11 is 0. The Morgan fingerprint density at radius 3 is 2.20 bits per heavy atom. The first-order valence-corrected chi connectivity index (χ1v) is 9.57. The number of hydrogen-bond donors (Lipinski definition) is 1. The van der Waals surface area contributed by atoms with Crippen molar-refractivity contribution in [3.05, 3.63) is 59.7 Å². The summed E-state index contributed by atoms with van der Waals surface area (Å²) in [5.74, 6) is 0.0752. The Morgan fingerprint density at radius 2 is 1.60 bits per heavy atom. The van der Waals surface area contributed by atoms with Gasteiger partial charge in [-0.15, -0.1) is 0 Å². The topological polar surface area (TPSA) is 80.7 Å². The molecule has 0 bridgehead atoms. The first-order valence-electron chi connectivity index (χ1n) is 7.68. The molecule has 2 aromatic carbocycles. The fourth-order valence-electron chi connectivity index (χ4n) is 2.81.